The highest BCUT2D eigenvalue weighted by Crippen LogP contribution is 2.40. The molecule has 0 fully saturated rings. The molecule has 12 heteroatoms. The first-order valence-corrected chi connectivity index (χ1v) is 18.0. The predicted octanol–water partition coefficient (Wildman–Crippen LogP) is 5.46. The van der Waals surface area contributed by atoms with Gasteiger partial charge in [-0.3, -0.25) is 9.59 Å². The van der Waals surface area contributed by atoms with E-state index >= 15 is 0 Å². The van der Waals surface area contributed by atoms with E-state index in [1.807, 2.05) is 64.4 Å². The average molecular weight is 683 g/mol. The summed E-state index contributed by atoms with van der Waals surface area (Å²) in [6, 6.07) is 19.8. The third kappa shape index (κ3) is 6.50. The molecule has 1 unspecified atom stereocenters. The van der Waals surface area contributed by atoms with Crippen molar-refractivity contribution >= 4 is 27.0 Å². The Labute approximate surface area is 286 Å². The Kier molecular flexibility index (Phi) is 9.21. The van der Waals surface area contributed by atoms with Crippen LogP contribution in [0.15, 0.2) is 82.6 Å². The van der Waals surface area contributed by atoms with Crippen molar-refractivity contribution in [3.05, 3.63) is 117 Å². The normalized spacial score (nSPS) is 16.8. The van der Waals surface area contributed by atoms with Crippen LogP contribution in [0, 0.1) is 13.8 Å². The molecule has 0 saturated heterocycles. The minimum atomic E-state index is -3.86. The Morgan fingerprint density at radius 1 is 1.08 bits per heavy atom. The number of carbonyl (C=O) groups is 1. The molecule has 0 saturated carbocycles. The monoisotopic (exact) mass is 682 g/mol. The van der Waals surface area contributed by atoms with Crippen molar-refractivity contribution in [3.8, 4) is 5.75 Å². The van der Waals surface area contributed by atoms with Crippen molar-refractivity contribution in [2.45, 2.75) is 83.5 Å². The fourth-order valence-electron chi connectivity index (χ4n) is 6.74. The van der Waals surface area contributed by atoms with Gasteiger partial charge in [0.15, 0.2) is 0 Å². The molecule has 3 heterocycles. The summed E-state index contributed by atoms with van der Waals surface area (Å²) in [5.74, 6) is -0.356. The van der Waals surface area contributed by atoms with Gasteiger partial charge >= 0.3 is 0 Å². The maximum absolute atomic E-state index is 14.0. The zero-order valence-electron chi connectivity index (χ0n) is 28.6. The zero-order valence-corrected chi connectivity index (χ0v) is 29.5. The van der Waals surface area contributed by atoms with E-state index in [0.717, 1.165) is 38.9 Å². The van der Waals surface area contributed by atoms with E-state index < -0.39 is 15.6 Å². The van der Waals surface area contributed by atoms with E-state index in [2.05, 4.69) is 32.7 Å². The molecular formula is C37H42N6O5S. The quantitative estimate of drug-likeness (QED) is 0.211. The van der Waals surface area contributed by atoms with E-state index in [1.165, 1.54) is 22.6 Å². The van der Waals surface area contributed by atoms with Gasteiger partial charge in [-0.1, -0.05) is 48.5 Å². The number of aromatic amines is 1. The van der Waals surface area contributed by atoms with Crippen LogP contribution in [0.2, 0.25) is 0 Å². The van der Waals surface area contributed by atoms with Gasteiger partial charge in [-0.15, -0.1) is 5.10 Å². The van der Waals surface area contributed by atoms with E-state index in [-0.39, 0.29) is 41.5 Å². The molecule has 256 valence electrons. The fraction of sp³-hybridized carbons (Fsp3) is 0.351. The van der Waals surface area contributed by atoms with E-state index in [9.17, 15) is 18.0 Å². The lowest BCUT2D eigenvalue weighted by molar-refractivity contribution is 0.0905. The summed E-state index contributed by atoms with van der Waals surface area (Å²) >= 11 is 0. The van der Waals surface area contributed by atoms with Crippen LogP contribution in [-0.4, -0.2) is 56.8 Å². The zero-order chi connectivity index (χ0) is 35.1. The number of ether oxygens (including phenoxy) is 1. The minimum absolute atomic E-state index is 0.149. The highest BCUT2D eigenvalue weighted by Gasteiger charge is 2.37. The summed E-state index contributed by atoms with van der Waals surface area (Å²) in [4.78, 5) is 28.0. The number of H-pyrrole nitrogens is 1. The lowest BCUT2D eigenvalue weighted by Crippen LogP contribution is -2.48. The summed E-state index contributed by atoms with van der Waals surface area (Å²) in [6.07, 6.45) is 1.75. The van der Waals surface area contributed by atoms with Gasteiger partial charge in [0.25, 0.3) is 5.91 Å². The first-order chi connectivity index (χ1) is 23.3. The molecule has 2 atom stereocenters. The number of fused-ring (bicyclic) bond motifs is 2. The Bertz CT molecular complexity index is 2190. The molecule has 1 amide bonds. The van der Waals surface area contributed by atoms with Gasteiger partial charge in [0, 0.05) is 36.8 Å². The van der Waals surface area contributed by atoms with Crippen LogP contribution in [0.1, 0.15) is 78.2 Å². The maximum atomic E-state index is 14.0. The minimum Gasteiger partial charge on any atom is -0.488 e. The van der Waals surface area contributed by atoms with E-state index in [0.29, 0.717) is 24.3 Å². The van der Waals surface area contributed by atoms with Crippen LogP contribution >= 0.6 is 0 Å². The molecule has 0 bridgehead atoms. The van der Waals surface area contributed by atoms with Crippen LogP contribution in [0.3, 0.4) is 0 Å². The number of pyridine rings is 1. The first-order valence-electron chi connectivity index (χ1n) is 16.5. The topological polar surface area (TPSA) is 139 Å². The van der Waals surface area contributed by atoms with Gasteiger partial charge < -0.3 is 15.0 Å². The third-order valence-corrected chi connectivity index (χ3v) is 11.3. The molecule has 3 aromatic carbocycles. The molecule has 11 nitrogen and oxygen atoms in total. The number of benzene rings is 3. The molecule has 0 radical (unpaired) electrons. The average Bonchev–Trinajstić information content (AvgIpc) is 3.46. The van der Waals surface area contributed by atoms with Crippen molar-refractivity contribution in [2.75, 3.05) is 6.54 Å². The molecule has 0 aliphatic carbocycles. The highest BCUT2D eigenvalue weighted by atomic mass is 32.2. The van der Waals surface area contributed by atoms with Crippen molar-refractivity contribution in [1.29, 1.82) is 0 Å². The molecule has 5 aromatic rings. The van der Waals surface area contributed by atoms with Gasteiger partial charge in [-0.2, -0.15) is 4.31 Å². The molecule has 1 aliphatic rings. The molecule has 2 aromatic heterocycles. The molecule has 6 rings (SSSR count). The summed E-state index contributed by atoms with van der Waals surface area (Å²) < 4.78 is 37.6. The number of carbonyl (C=O) groups excluding carboxylic acids is 1. The number of rotatable bonds is 9. The SMILES string of the molecule is CC[C@@H]1CN(Cc2cc(C(c3ccc4c(nnn4CC)c3C)C(C)(C)NC(=O)c3ccc(=O)[nH]c3)ccc2C)S(=O)(=O)c2ccccc2O1. The van der Waals surface area contributed by atoms with Crippen molar-refractivity contribution in [1.82, 2.24) is 29.6 Å². The Morgan fingerprint density at radius 2 is 1.86 bits per heavy atom. The molecule has 2 N–H and O–H groups in total. The number of nitrogens with one attached hydrogen (secondary N) is 2. The van der Waals surface area contributed by atoms with Gasteiger partial charge in [0.2, 0.25) is 15.6 Å². The lowest BCUT2D eigenvalue weighted by atomic mass is 9.74. The summed E-state index contributed by atoms with van der Waals surface area (Å²) in [7, 11) is -3.86. The van der Waals surface area contributed by atoms with Crippen molar-refractivity contribution < 1.29 is 17.9 Å². The first kappa shape index (κ1) is 34.1. The van der Waals surface area contributed by atoms with Crippen LogP contribution in [0.4, 0.5) is 0 Å². The fourth-order valence-corrected chi connectivity index (χ4v) is 8.31. The number of nitrogens with zero attached hydrogens (tertiary/aromatic N) is 4. The van der Waals surface area contributed by atoms with Gasteiger partial charge in [-0.25, -0.2) is 13.1 Å². The number of para-hydroxylation sites is 1. The number of aryl methyl sites for hydroxylation is 3. The molecule has 49 heavy (non-hydrogen) atoms. The molecule has 1 aliphatic heterocycles. The van der Waals surface area contributed by atoms with Crippen LogP contribution in [-0.2, 0) is 23.1 Å². The summed E-state index contributed by atoms with van der Waals surface area (Å²) in [5.41, 5.74) is 5.43. The number of hydrogen-bond acceptors (Lipinski definition) is 7. The van der Waals surface area contributed by atoms with Crippen molar-refractivity contribution in [2.24, 2.45) is 0 Å². The Hall–Kier alpha value is -4.81. The van der Waals surface area contributed by atoms with Crippen molar-refractivity contribution in [3.63, 3.8) is 0 Å². The summed E-state index contributed by atoms with van der Waals surface area (Å²) in [6.45, 7) is 13.0. The smallest absolute Gasteiger partial charge is 0.253 e. The van der Waals surface area contributed by atoms with Crippen LogP contribution < -0.4 is 15.6 Å². The van der Waals surface area contributed by atoms with Crippen LogP contribution in [0.25, 0.3) is 11.0 Å². The number of hydrogen-bond donors (Lipinski definition) is 2. The van der Waals surface area contributed by atoms with Crippen LogP contribution in [0.5, 0.6) is 5.75 Å². The lowest BCUT2D eigenvalue weighted by Gasteiger charge is -2.37. The largest absolute Gasteiger partial charge is 0.488 e. The Morgan fingerprint density at radius 3 is 2.57 bits per heavy atom. The predicted molar refractivity (Wildman–Crippen MR) is 188 cm³/mol. The Balaban J connectivity index is 1.45. The van der Waals surface area contributed by atoms with E-state index in [1.54, 1.807) is 24.3 Å². The van der Waals surface area contributed by atoms with Gasteiger partial charge in [0.05, 0.1) is 17.6 Å². The number of amides is 1. The second-order valence-electron chi connectivity index (χ2n) is 13.2. The second-order valence-corrected chi connectivity index (χ2v) is 15.1. The molecule has 0 spiro atoms. The number of sulfonamides is 1. The third-order valence-electron chi connectivity index (χ3n) is 9.47. The summed E-state index contributed by atoms with van der Waals surface area (Å²) in [5, 5.41) is 12.1. The highest BCUT2D eigenvalue weighted by molar-refractivity contribution is 7.89. The number of aromatic nitrogens is 4. The molecular weight excluding hydrogens is 641 g/mol. The van der Waals surface area contributed by atoms with E-state index in [4.69, 9.17) is 4.74 Å². The van der Waals surface area contributed by atoms with Gasteiger partial charge in [0.1, 0.15) is 22.3 Å². The van der Waals surface area contributed by atoms with Gasteiger partial charge in [-0.05, 0) is 93.1 Å². The maximum Gasteiger partial charge on any atom is 0.253 e. The second kappa shape index (κ2) is 13.2. The standard InChI is InChI=1S/C37H42N6O5S/c1-7-28-22-42(49(46,47)32-12-10-9-11-31(32)48-28)21-27-19-25(14-13-23(27)3)34(29-16-17-30-35(24(29)4)40-41-43(30)8-2)37(5,6)39-36(45)26-15-18-33(44)38-20-26/h9-20,28,34H,7-8,21-22H2,1-6H3,(H,38,44)(H,39,45)/t28-,34?/m1/s1.